The van der Waals surface area contributed by atoms with Crippen LogP contribution in [0.25, 0.3) is 0 Å². The van der Waals surface area contributed by atoms with Crippen molar-refractivity contribution in [1.29, 1.82) is 0 Å². The summed E-state index contributed by atoms with van der Waals surface area (Å²) in [5.74, 6) is 0.916. The average molecular weight is 222 g/mol. The molecule has 1 aromatic carbocycles. The standard InChI is InChI=1S/C13H22N2O/c1-14-10-12(15(2)3)9-11-5-7-13(16-4)8-6-11/h5-8,12,14H,9-10H2,1-4H3/t12-/m1/s1. The minimum Gasteiger partial charge on any atom is -0.497 e. The second-order valence-electron chi connectivity index (χ2n) is 4.23. The first-order valence-electron chi connectivity index (χ1n) is 5.61. The Balaban J connectivity index is 2.62. The van der Waals surface area contributed by atoms with E-state index >= 15 is 0 Å². The summed E-state index contributed by atoms with van der Waals surface area (Å²) >= 11 is 0. The Morgan fingerprint density at radius 3 is 2.31 bits per heavy atom. The van der Waals surface area contributed by atoms with Crippen molar-refractivity contribution < 1.29 is 4.74 Å². The van der Waals surface area contributed by atoms with Crippen molar-refractivity contribution in [2.75, 3.05) is 34.8 Å². The molecule has 90 valence electrons. The molecule has 0 spiro atoms. The zero-order valence-electron chi connectivity index (χ0n) is 10.7. The predicted octanol–water partition coefficient (Wildman–Crippen LogP) is 1.39. The normalized spacial score (nSPS) is 12.8. The zero-order chi connectivity index (χ0) is 12.0. The Bertz CT molecular complexity index is 295. The summed E-state index contributed by atoms with van der Waals surface area (Å²) in [7, 11) is 7.92. The molecule has 0 fully saturated rings. The Labute approximate surface area is 98.4 Å². The van der Waals surface area contributed by atoms with Crippen molar-refractivity contribution in [3.63, 3.8) is 0 Å². The molecule has 0 bridgehead atoms. The molecule has 0 aliphatic carbocycles. The number of nitrogens with zero attached hydrogens (tertiary/aromatic N) is 1. The van der Waals surface area contributed by atoms with Gasteiger partial charge in [-0.15, -0.1) is 0 Å². The summed E-state index contributed by atoms with van der Waals surface area (Å²) < 4.78 is 5.15. The number of nitrogens with one attached hydrogen (secondary N) is 1. The summed E-state index contributed by atoms with van der Waals surface area (Å²) in [6.07, 6.45) is 1.05. The summed E-state index contributed by atoms with van der Waals surface area (Å²) in [5.41, 5.74) is 1.34. The van der Waals surface area contributed by atoms with E-state index in [9.17, 15) is 0 Å². The van der Waals surface area contributed by atoms with Gasteiger partial charge in [0, 0.05) is 12.6 Å². The van der Waals surface area contributed by atoms with Gasteiger partial charge < -0.3 is 15.0 Å². The van der Waals surface area contributed by atoms with Gasteiger partial charge in [-0.3, -0.25) is 0 Å². The van der Waals surface area contributed by atoms with Crippen molar-refractivity contribution in [2.24, 2.45) is 0 Å². The van der Waals surface area contributed by atoms with Crippen LogP contribution in [0.4, 0.5) is 0 Å². The lowest BCUT2D eigenvalue weighted by Crippen LogP contribution is -2.38. The quantitative estimate of drug-likeness (QED) is 0.787. The highest BCUT2D eigenvalue weighted by atomic mass is 16.5. The van der Waals surface area contributed by atoms with E-state index in [4.69, 9.17) is 4.74 Å². The predicted molar refractivity (Wildman–Crippen MR) is 68.1 cm³/mol. The molecule has 0 amide bonds. The van der Waals surface area contributed by atoms with E-state index in [1.165, 1.54) is 5.56 Å². The maximum absolute atomic E-state index is 5.15. The van der Waals surface area contributed by atoms with Crippen molar-refractivity contribution in [1.82, 2.24) is 10.2 Å². The van der Waals surface area contributed by atoms with Gasteiger partial charge in [0.1, 0.15) is 5.75 Å². The van der Waals surface area contributed by atoms with Crippen LogP contribution in [-0.4, -0.2) is 45.7 Å². The zero-order valence-corrected chi connectivity index (χ0v) is 10.7. The van der Waals surface area contributed by atoms with Crippen LogP contribution >= 0.6 is 0 Å². The molecule has 3 heteroatoms. The molecule has 0 saturated carbocycles. The molecule has 0 aliphatic heterocycles. The summed E-state index contributed by atoms with van der Waals surface area (Å²) in [5, 5.41) is 3.23. The minimum atomic E-state index is 0.526. The number of hydrogen-bond acceptors (Lipinski definition) is 3. The van der Waals surface area contributed by atoms with Crippen LogP contribution in [0.3, 0.4) is 0 Å². The Morgan fingerprint density at radius 2 is 1.88 bits per heavy atom. The fraction of sp³-hybridized carbons (Fsp3) is 0.538. The Morgan fingerprint density at radius 1 is 1.25 bits per heavy atom. The molecule has 1 atom stereocenters. The summed E-state index contributed by atoms with van der Waals surface area (Å²) in [6, 6.07) is 8.82. The Hall–Kier alpha value is -1.06. The number of rotatable bonds is 6. The van der Waals surface area contributed by atoms with Crippen LogP contribution in [0.2, 0.25) is 0 Å². The van der Waals surface area contributed by atoms with Crippen LogP contribution in [0, 0.1) is 0 Å². The number of likely N-dealkylation sites (N-methyl/N-ethyl adjacent to an activating group) is 2. The van der Waals surface area contributed by atoms with E-state index < -0.39 is 0 Å². The van der Waals surface area contributed by atoms with Gasteiger partial charge in [-0.1, -0.05) is 12.1 Å². The van der Waals surface area contributed by atoms with E-state index in [2.05, 4.69) is 36.4 Å². The molecule has 1 rings (SSSR count). The maximum atomic E-state index is 5.15. The molecule has 0 saturated heterocycles. The van der Waals surface area contributed by atoms with Gasteiger partial charge in [-0.25, -0.2) is 0 Å². The third-order valence-electron chi connectivity index (χ3n) is 2.80. The van der Waals surface area contributed by atoms with E-state index in [-0.39, 0.29) is 0 Å². The second-order valence-corrected chi connectivity index (χ2v) is 4.23. The molecule has 0 radical (unpaired) electrons. The van der Waals surface area contributed by atoms with Crippen LogP contribution in [0.15, 0.2) is 24.3 Å². The van der Waals surface area contributed by atoms with Gasteiger partial charge in [0.25, 0.3) is 0 Å². The van der Waals surface area contributed by atoms with Gasteiger partial charge in [-0.05, 0) is 45.3 Å². The third-order valence-corrected chi connectivity index (χ3v) is 2.80. The topological polar surface area (TPSA) is 24.5 Å². The number of methoxy groups -OCH3 is 1. The Kier molecular flexibility index (Phi) is 5.29. The number of benzene rings is 1. The first kappa shape index (κ1) is 13.0. The van der Waals surface area contributed by atoms with E-state index in [1.807, 2.05) is 19.2 Å². The van der Waals surface area contributed by atoms with Crippen LogP contribution in [-0.2, 0) is 6.42 Å². The molecular formula is C13H22N2O. The van der Waals surface area contributed by atoms with E-state index in [0.717, 1.165) is 18.7 Å². The summed E-state index contributed by atoms with van der Waals surface area (Å²) in [4.78, 5) is 2.25. The van der Waals surface area contributed by atoms with E-state index in [0.29, 0.717) is 6.04 Å². The van der Waals surface area contributed by atoms with Crippen molar-refractivity contribution in [3.05, 3.63) is 29.8 Å². The number of ether oxygens (including phenoxy) is 1. The molecule has 1 aromatic rings. The molecule has 3 nitrogen and oxygen atoms in total. The van der Waals surface area contributed by atoms with Gasteiger partial charge >= 0.3 is 0 Å². The second kappa shape index (κ2) is 6.51. The first-order chi connectivity index (χ1) is 7.67. The maximum Gasteiger partial charge on any atom is 0.118 e. The molecule has 0 aliphatic rings. The van der Waals surface area contributed by atoms with Crippen molar-refractivity contribution >= 4 is 0 Å². The first-order valence-corrected chi connectivity index (χ1v) is 5.61. The van der Waals surface area contributed by atoms with E-state index in [1.54, 1.807) is 7.11 Å². The lowest BCUT2D eigenvalue weighted by molar-refractivity contribution is 0.286. The lowest BCUT2D eigenvalue weighted by Gasteiger charge is -2.24. The van der Waals surface area contributed by atoms with Crippen LogP contribution in [0.5, 0.6) is 5.75 Å². The van der Waals surface area contributed by atoms with Crippen LogP contribution in [0.1, 0.15) is 5.56 Å². The van der Waals surface area contributed by atoms with Crippen molar-refractivity contribution in [2.45, 2.75) is 12.5 Å². The fourth-order valence-electron chi connectivity index (χ4n) is 1.71. The van der Waals surface area contributed by atoms with Gasteiger partial charge in [-0.2, -0.15) is 0 Å². The van der Waals surface area contributed by atoms with Gasteiger partial charge in [0.15, 0.2) is 0 Å². The van der Waals surface area contributed by atoms with Crippen LogP contribution < -0.4 is 10.1 Å². The third kappa shape index (κ3) is 3.83. The molecule has 1 N–H and O–H groups in total. The fourth-order valence-corrected chi connectivity index (χ4v) is 1.71. The molecule has 0 heterocycles. The lowest BCUT2D eigenvalue weighted by atomic mass is 10.1. The minimum absolute atomic E-state index is 0.526. The van der Waals surface area contributed by atoms with Gasteiger partial charge in [0.05, 0.1) is 7.11 Å². The SMILES string of the molecule is CNC[C@@H](Cc1ccc(OC)cc1)N(C)C. The smallest absolute Gasteiger partial charge is 0.118 e. The molecule has 0 unspecified atom stereocenters. The molecule has 16 heavy (non-hydrogen) atoms. The highest BCUT2D eigenvalue weighted by Gasteiger charge is 2.10. The van der Waals surface area contributed by atoms with Gasteiger partial charge in [0.2, 0.25) is 0 Å². The average Bonchev–Trinajstić information content (AvgIpc) is 2.29. The van der Waals surface area contributed by atoms with Crippen molar-refractivity contribution in [3.8, 4) is 5.75 Å². The summed E-state index contributed by atoms with van der Waals surface area (Å²) in [6.45, 7) is 0.999. The molecule has 0 aromatic heterocycles. The highest BCUT2D eigenvalue weighted by Crippen LogP contribution is 2.13. The largest absolute Gasteiger partial charge is 0.497 e. The number of hydrogen-bond donors (Lipinski definition) is 1. The molecular weight excluding hydrogens is 200 g/mol. The highest BCUT2D eigenvalue weighted by molar-refractivity contribution is 5.27. The monoisotopic (exact) mass is 222 g/mol.